The average Bonchev–Trinajstić information content (AvgIpc) is 3.05. The number of hydrogen-bond donors (Lipinski definition) is 1. The van der Waals surface area contributed by atoms with E-state index < -0.39 is 0 Å². The van der Waals surface area contributed by atoms with E-state index in [1.807, 2.05) is 36.4 Å². The zero-order valence-electron chi connectivity index (χ0n) is 17.7. The summed E-state index contributed by atoms with van der Waals surface area (Å²) in [6, 6.07) is 13.7. The number of hydrogen-bond acceptors (Lipinski definition) is 4. The maximum Gasteiger partial charge on any atom is 0.152 e. The lowest BCUT2D eigenvalue weighted by Gasteiger charge is -2.13. The van der Waals surface area contributed by atoms with Crippen LogP contribution in [0.25, 0.3) is 21.9 Å². The number of fused-ring (bicyclic) bond motifs is 3. The second-order valence-corrected chi connectivity index (χ2v) is 8.51. The van der Waals surface area contributed by atoms with E-state index >= 15 is 0 Å². The fraction of sp³-hybridized carbons (Fsp3) is 0.333. The molecular weight excluding hydrogens is 396 g/mol. The molecule has 2 heterocycles. The molecule has 2 aromatic heterocycles. The lowest BCUT2D eigenvalue weighted by molar-refractivity contribution is 0.306. The molecule has 0 saturated carbocycles. The minimum Gasteiger partial charge on any atom is -0.489 e. The zero-order chi connectivity index (χ0) is 21.3. The quantitative estimate of drug-likeness (QED) is 0.396. The predicted octanol–water partition coefficient (Wildman–Crippen LogP) is 6.01. The van der Waals surface area contributed by atoms with Gasteiger partial charge < -0.3 is 15.0 Å². The van der Waals surface area contributed by atoms with Gasteiger partial charge in [0.1, 0.15) is 23.7 Å². The van der Waals surface area contributed by atoms with Gasteiger partial charge in [-0.2, -0.15) is 0 Å². The Balaban J connectivity index is 1.76. The van der Waals surface area contributed by atoms with Gasteiger partial charge in [0.15, 0.2) is 5.82 Å². The monoisotopic (exact) mass is 422 g/mol. The summed E-state index contributed by atoms with van der Waals surface area (Å²) in [4.78, 5) is 9.47. The summed E-state index contributed by atoms with van der Waals surface area (Å²) in [5.74, 6) is 2.79. The highest BCUT2D eigenvalue weighted by atomic mass is 35.5. The smallest absolute Gasteiger partial charge is 0.152 e. The van der Waals surface area contributed by atoms with Gasteiger partial charge in [0.05, 0.1) is 11.0 Å². The maximum absolute atomic E-state index is 6.32. The van der Waals surface area contributed by atoms with Crippen LogP contribution in [0.5, 0.6) is 5.75 Å². The molecule has 6 heteroatoms. The van der Waals surface area contributed by atoms with E-state index in [0.717, 1.165) is 58.5 Å². The van der Waals surface area contributed by atoms with E-state index in [4.69, 9.17) is 27.1 Å². The number of anilines is 1. The van der Waals surface area contributed by atoms with Crippen molar-refractivity contribution in [2.45, 2.75) is 46.8 Å². The number of aromatic nitrogens is 3. The van der Waals surface area contributed by atoms with E-state index in [9.17, 15) is 0 Å². The molecule has 0 amide bonds. The van der Waals surface area contributed by atoms with Gasteiger partial charge in [-0.25, -0.2) is 9.97 Å². The lowest BCUT2D eigenvalue weighted by Crippen LogP contribution is -2.09. The second-order valence-electron chi connectivity index (χ2n) is 8.07. The van der Waals surface area contributed by atoms with E-state index in [2.05, 4.69) is 36.4 Å². The Labute approximate surface area is 181 Å². The molecule has 0 spiro atoms. The Morgan fingerprint density at radius 3 is 2.70 bits per heavy atom. The number of pyridine rings is 1. The molecule has 0 saturated heterocycles. The van der Waals surface area contributed by atoms with E-state index in [-0.39, 0.29) is 0 Å². The zero-order valence-corrected chi connectivity index (χ0v) is 18.4. The molecule has 0 aliphatic carbocycles. The molecule has 0 atom stereocenters. The summed E-state index contributed by atoms with van der Waals surface area (Å²) in [5, 5.41) is 1.75. The number of halogens is 1. The summed E-state index contributed by atoms with van der Waals surface area (Å²) < 4.78 is 8.30. The lowest BCUT2D eigenvalue weighted by atomic mass is 10.1. The van der Waals surface area contributed by atoms with Gasteiger partial charge in [-0.3, -0.25) is 0 Å². The second kappa shape index (κ2) is 8.52. The number of benzene rings is 2. The molecule has 2 N–H and O–H groups in total. The molecule has 30 heavy (non-hydrogen) atoms. The van der Waals surface area contributed by atoms with Crippen molar-refractivity contribution in [1.82, 2.24) is 14.5 Å². The number of imidazole rings is 1. The number of nitrogens with two attached hydrogens (primary N) is 1. The molecule has 0 bridgehead atoms. The first-order valence-electron chi connectivity index (χ1n) is 10.4. The Kier molecular flexibility index (Phi) is 5.82. The van der Waals surface area contributed by atoms with Crippen molar-refractivity contribution in [1.29, 1.82) is 0 Å². The van der Waals surface area contributed by atoms with Gasteiger partial charge in [0.25, 0.3) is 0 Å². The Morgan fingerprint density at radius 1 is 1.13 bits per heavy atom. The summed E-state index contributed by atoms with van der Waals surface area (Å²) >= 11 is 6.07. The molecule has 0 aliphatic heterocycles. The number of ether oxygens (including phenoxy) is 1. The molecule has 0 radical (unpaired) electrons. The highest BCUT2D eigenvalue weighted by Gasteiger charge is 2.18. The van der Waals surface area contributed by atoms with Crippen molar-refractivity contribution in [2.24, 2.45) is 5.92 Å². The first-order valence-corrected chi connectivity index (χ1v) is 10.8. The van der Waals surface area contributed by atoms with Crippen LogP contribution in [0.3, 0.4) is 0 Å². The fourth-order valence-corrected chi connectivity index (χ4v) is 4.01. The van der Waals surface area contributed by atoms with Gasteiger partial charge >= 0.3 is 0 Å². The number of aryl methyl sites for hydroxylation is 1. The topological polar surface area (TPSA) is 66.0 Å². The summed E-state index contributed by atoms with van der Waals surface area (Å²) in [6.07, 6.45) is 1.96. The molecule has 4 aromatic rings. The minimum atomic E-state index is 0.440. The highest BCUT2D eigenvalue weighted by Crippen LogP contribution is 2.32. The third kappa shape index (κ3) is 4.08. The van der Waals surface area contributed by atoms with Gasteiger partial charge in [-0.1, -0.05) is 44.5 Å². The van der Waals surface area contributed by atoms with Crippen molar-refractivity contribution in [3.63, 3.8) is 0 Å². The summed E-state index contributed by atoms with van der Waals surface area (Å²) in [6.45, 7) is 7.95. The van der Waals surface area contributed by atoms with Crippen LogP contribution in [0.15, 0.2) is 42.5 Å². The molecule has 2 aromatic carbocycles. The first-order chi connectivity index (χ1) is 14.5. The number of rotatable bonds is 7. The van der Waals surface area contributed by atoms with Crippen molar-refractivity contribution in [2.75, 3.05) is 5.73 Å². The predicted molar refractivity (Wildman–Crippen MR) is 124 cm³/mol. The average molecular weight is 423 g/mol. The van der Waals surface area contributed by atoms with Crippen molar-refractivity contribution >= 4 is 39.4 Å². The van der Waals surface area contributed by atoms with E-state index in [0.29, 0.717) is 23.4 Å². The molecule has 156 valence electrons. The largest absolute Gasteiger partial charge is 0.489 e. The Bertz CT molecular complexity index is 1200. The van der Waals surface area contributed by atoms with Crippen molar-refractivity contribution in [3.8, 4) is 5.75 Å². The van der Waals surface area contributed by atoms with Crippen LogP contribution in [-0.4, -0.2) is 14.5 Å². The van der Waals surface area contributed by atoms with Crippen LogP contribution in [0.2, 0.25) is 5.02 Å². The normalized spacial score (nSPS) is 11.6. The van der Waals surface area contributed by atoms with Crippen molar-refractivity contribution < 1.29 is 4.74 Å². The number of nitrogens with zero attached hydrogens (tertiary/aromatic N) is 3. The van der Waals surface area contributed by atoms with Crippen LogP contribution in [-0.2, 0) is 19.6 Å². The van der Waals surface area contributed by atoms with Crippen LogP contribution < -0.4 is 10.5 Å². The molecule has 5 nitrogen and oxygen atoms in total. The summed E-state index contributed by atoms with van der Waals surface area (Å²) in [7, 11) is 0. The minimum absolute atomic E-state index is 0.440. The van der Waals surface area contributed by atoms with Crippen LogP contribution in [0, 0.1) is 5.92 Å². The number of nitrogen functional groups attached to an aromatic ring is 1. The third-order valence-electron chi connectivity index (χ3n) is 5.07. The van der Waals surface area contributed by atoms with Gasteiger partial charge in [-0.05, 0) is 42.2 Å². The Morgan fingerprint density at radius 2 is 1.97 bits per heavy atom. The molecule has 0 fully saturated rings. The summed E-state index contributed by atoms with van der Waals surface area (Å²) in [5.41, 5.74) is 10.0. The standard InChI is InChI=1S/C24H27ClN4O/c1-4-6-21-28-22-23(29(21)13-15(2)3)19-10-9-18(12-20(19)27-24(22)26)30-14-16-7-5-8-17(25)11-16/h5,7-12,15H,4,6,13-14H2,1-3H3,(H2,26,27). The van der Waals surface area contributed by atoms with Crippen LogP contribution in [0.1, 0.15) is 38.6 Å². The molecule has 4 rings (SSSR count). The molecule has 0 unspecified atom stereocenters. The Hall–Kier alpha value is -2.79. The van der Waals surface area contributed by atoms with Crippen LogP contribution in [0.4, 0.5) is 5.82 Å². The highest BCUT2D eigenvalue weighted by molar-refractivity contribution is 6.30. The van der Waals surface area contributed by atoms with Gasteiger partial charge in [-0.15, -0.1) is 0 Å². The third-order valence-corrected chi connectivity index (χ3v) is 5.31. The van der Waals surface area contributed by atoms with Crippen LogP contribution >= 0.6 is 11.6 Å². The van der Waals surface area contributed by atoms with E-state index in [1.54, 1.807) is 0 Å². The van der Waals surface area contributed by atoms with Crippen molar-refractivity contribution in [3.05, 3.63) is 58.9 Å². The van der Waals surface area contributed by atoms with E-state index in [1.165, 1.54) is 0 Å². The SMILES string of the molecule is CCCc1nc2c(N)nc3cc(OCc4cccc(Cl)c4)ccc3c2n1CC(C)C. The maximum atomic E-state index is 6.32. The fourth-order valence-electron chi connectivity index (χ4n) is 3.80. The van der Waals surface area contributed by atoms with Gasteiger partial charge in [0.2, 0.25) is 0 Å². The van der Waals surface area contributed by atoms with Gasteiger partial charge in [0, 0.05) is 29.4 Å². The molecule has 0 aliphatic rings. The first kappa shape index (κ1) is 20.5. The molecular formula is C24H27ClN4O.